The van der Waals surface area contributed by atoms with Crippen LogP contribution in [0.1, 0.15) is 36.8 Å². The molecule has 2 aromatic rings. The molecule has 0 saturated heterocycles. The number of nitrogens with two attached hydrogens (primary N) is 1. The molecular weight excluding hydrogens is 281 g/mol. The molecule has 0 unspecified atom stereocenters. The van der Waals surface area contributed by atoms with E-state index in [0.717, 1.165) is 37.9 Å². The van der Waals surface area contributed by atoms with Gasteiger partial charge in [-0.05, 0) is 35.6 Å². The predicted octanol–water partition coefficient (Wildman–Crippen LogP) is 2.90. The van der Waals surface area contributed by atoms with Crippen molar-refractivity contribution in [2.45, 2.75) is 37.7 Å². The van der Waals surface area contributed by atoms with Crippen LogP contribution in [0, 0.1) is 11.3 Å². The Balaban J connectivity index is 1.62. The Morgan fingerprint density at radius 3 is 2.48 bits per heavy atom. The molecule has 0 radical (unpaired) electrons. The molecule has 4 heteroatoms. The molecule has 0 atom stereocenters. The molecular formula is C19H22BN3. The molecule has 2 aromatic carbocycles. The van der Waals surface area contributed by atoms with Gasteiger partial charge in [-0.25, -0.2) is 0 Å². The van der Waals surface area contributed by atoms with Crippen LogP contribution in [0.25, 0.3) is 11.1 Å². The highest BCUT2D eigenvalue weighted by Gasteiger charge is 2.29. The molecule has 3 nitrogen and oxygen atoms in total. The van der Waals surface area contributed by atoms with Crippen molar-refractivity contribution in [3.05, 3.63) is 59.7 Å². The first-order valence-corrected chi connectivity index (χ1v) is 8.28. The fourth-order valence-corrected chi connectivity index (χ4v) is 3.35. The van der Waals surface area contributed by atoms with Gasteiger partial charge in [0.25, 0.3) is 0 Å². The molecule has 3 N–H and O–H groups in total. The summed E-state index contributed by atoms with van der Waals surface area (Å²) in [5, 5.41) is 12.7. The average molecular weight is 303 g/mol. The molecule has 23 heavy (non-hydrogen) atoms. The molecule has 1 aliphatic carbocycles. The quantitative estimate of drug-likeness (QED) is 0.835. The van der Waals surface area contributed by atoms with Gasteiger partial charge in [-0.15, -0.1) is 0 Å². The summed E-state index contributed by atoms with van der Waals surface area (Å²) in [5.74, 6) is 0. The fraction of sp³-hybridized carbons (Fsp3) is 0.316. The van der Waals surface area contributed by atoms with Gasteiger partial charge in [-0.1, -0.05) is 55.3 Å². The van der Waals surface area contributed by atoms with Gasteiger partial charge >= 0.3 is 0 Å². The van der Waals surface area contributed by atoms with E-state index in [1.54, 1.807) is 0 Å². The van der Waals surface area contributed by atoms with E-state index in [2.05, 4.69) is 35.6 Å². The minimum atomic E-state index is -0.00826. The van der Waals surface area contributed by atoms with Crippen LogP contribution in [0.5, 0.6) is 0 Å². The first-order chi connectivity index (χ1) is 11.2. The van der Waals surface area contributed by atoms with Gasteiger partial charge in [0.2, 0.25) is 7.41 Å². The van der Waals surface area contributed by atoms with E-state index in [4.69, 9.17) is 5.73 Å². The molecule has 0 amide bonds. The number of hydrogen-bond acceptors (Lipinski definition) is 3. The zero-order valence-electron chi connectivity index (χ0n) is 13.4. The van der Waals surface area contributed by atoms with Crippen LogP contribution in [0.4, 0.5) is 0 Å². The summed E-state index contributed by atoms with van der Waals surface area (Å²) in [6.07, 6.45) is 4.77. The predicted molar refractivity (Wildman–Crippen MR) is 96.0 cm³/mol. The number of nitrogens with one attached hydrogen (secondary N) is 1. The molecule has 0 aromatic heterocycles. The maximum atomic E-state index is 9.21. The lowest BCUT2D eigenvalue weighted by molar-refractivity contribution is 0.600. The second-order valence-electron chi connectivity index (χ2n) is 6.53. The van der Waals surface area contributed by atoms with Gasteiger partial charge in [0.05, 0.1) is 11.6 Å². The summed E-state index contributed by atoms with van der Waals surface area (Å²) >= 11 is 0. The normalized spacial score (nSPS) is 16.0. The minimum Gasteiger partial charge on any atom is -0.354 e. The molecule has 0 bridgehead atoms. The Bertz CT molecular complexity index is 697. The van der Waals surface area contributed by atoms with E-state index in [1.807, 2.05) is 24.3 Å². The zero-order chi connectivity index (χ0) is 16.1. The van der Waals surface area contributed by atoms with E-state index in [9.17, 15) is 5.26 Å². The van der Waals surface area contributed by atoms with E-state index in [-0.39, 0.29) is 5.44 Å². The van der Waals surface area contributed by atoms with Crippen molar-refractivity contribution >= 4 is 7.41 Å². The second-order valence-corrected chi connectivity index (χ2v) is 6.53. The molecule has 1 saturated carbocycles. The standard InChI is InChI=1S/C19H22BN3/c21-13-17-5-1-2-6-18(17)16-9-7-15(8-10-16)14-23-20-19(22)11-3-4-12-19/h1-2,5-10,20,23H,3-4,11-12,14,22H2. The zero-order valence-corrected chi connectivity index (χ0v) is 13.4. The second kappa shape index (κ2) is 7.00. The summed E-state index contributed by atoms with van der Waals surface area (Å²) in [6, 6.07) is 18.4. The monoisotopic (exact) mass is 303 g/mol. The number of nitrogens with zero attached hydrogens (tertiary/aromatic N) is 1. The van der Waals surface area contributed by atoms with Crippen molar-refractivity contribution in [1.29, 1.82) is 5.26 Å². The Labute approximate surface area is 138 Å². The molecule has 3 rings (SSSR count). The van der Waals surface area contributed by atoms with Gasteiger partial charge in [0.1, 0.15) is 0 Å². The molecule has 116 valence electrons. The highest BCUT2D eigenvalue weighted by Crippen LogP contribution is 2.26. The Hall–Kier alpha value is -2.09. The van der Waals surface area contributed by atoms with E-state index in [0.29, 0.717) is 5.56 Å². The van der Waals surface area contributed by atoms with Crippen LogP contribution in [-0.2, 0) is 6.54 Å². The highest BCUT2D eigenvalue weighted by molar-refractivity contribution is 6.37. The number of hydrogen-bond donors (Lipinski definition) is 2. The molecule has 0 heterocycles. The topological polar surface area (TPSA) is 61.8 Å². The molecule has 1 fully saturated rings. The largest absolute Gasteiger partial charge is 0.354 e. The van der Waals surface area contributed by atoms with Crippen LogP contribution in [-0.4, -0.2) is 12.9 Å². The lowest BCUT2D eigenvalue weighted by atomic mass is 9.67. The third kappa shape index (κ3) is 3.82. The van der Waals surface area contributed by atoms with Gasteiger partial charge in [-0.3, -0.25) is 0 Å². The number of rotatable bonds is 5. The Morgan fingerprint density at radius 1 is 1.09 bits per heavy atom. The smallest absolute Gasteiger partial charge is 0.222 e. The maximum absolute atomic E-state index is 9.21. The van der Waals surface area contributed by atoms with E-state index >= 15 is 0 Å². The number of benzene rings is 2. The minimum absolute atomic E-state index is 0.00826. The van der Waals surface area contributed by atoms with Crippen molar-refractivity contribution < 1.29 is 0 Å². The average Bonchev–Trinajstić information content (AvgIpc) is 3.02. The van der Waals surface area contributed by atoms with Crippen LogP contribution in [0.15, 0.2) is 48.5 Å². The Morgan fingerprint density at radius 2 is 1.78 bits per heavy atom. The van der Waals surface area contributed by atoms with Crippen molar-refractivity contribution in [2.24, 2.45) is 5.73 Å². The van der Waals surface area contributed by atoms with Gasteiger partial charge in [0.15, 0.2) is 0 Å². The van der Waals surface area contributed by atoms with Crippen molar-refractivity contribution in [2.75, 3.05) is 0 Å². The summed E-state index contributed by atoms with van der Waals surface area (Å²) in [6.45, 7) is 0.832. The van der Waals surface area contributed by atoms with Crippen LogP contribution in [0.3, 0.4) is 0 Å². The van der Waals surface area contributed by atoms with E-state index < -0.39 is 0 Å². The highest BCUT2D eigenvalue weighted by atomic mass is 14.8. The molecule has 0 spiro atoms. The molecule has 0 aliphatic heterocycles. The third-order valence-corrected chi connectivity index (χ3v) is 4.72. The van der Waals surface area contributed by atoms with E-state index in [1.165, 1.54) is 18.4 Å². The number of nitriles is 1. The summed E-state index contributed by atoms with van der Waals surface area (Å²) in [4.78, 5) is 0. The third-order valence-electron chi connectivity index (χ3n) is 4.72. The lowest BCUT2D eigenvalue weighted by Gasteiger charge is -2.22. The summed E-state index contributed by atoms with van der Waals surface area (Å²) in [5.41, 5.74) is 10.4. The first kappa shape index (κ1) is 15.8. The van der Waals surface area contributed by atoms with Crippen LogP contribution >= 0.6 is 0 Å². The lowest BCUT2D eigenvalue weighted by Crippen LogP contribution is -2.49. The SMILES string of the molecule is N#Cc1ccccc1-c1ccc(CNBC2(N)CCCC2)cc1. The summed E-state index contributed by atoms with van der Waals surface area (Å²) < 4.78 is 0. The first-order valence-electron chi connectivity index (χ1n) is 8.28. The van der Waals surface area contributed by atoms with Gasteiger partial charge in [0, 0.05) is 12.0 Å². The maximum Gasteiger partial charge on any atom is 0.222 e. The van der Waals surface area contributed by atoms with Crippen molar-refractivity contribution in [3.63, 3.8) is 0 Å². The fourth-order valence-electron chi connectivity index (χ4n) is 3.35. The molecule has 1 aliphatic rings. The Kier molecular flexibility index (Phi) is 4.80. The van der Waals surface area contributed by atoms with Crippen molar-refractivity contribution in [1.82, 2.24) is 5.23 Å². The van der Waals surface area contributed by atoms with Gasteiger partial charge < -0.3 is 11.0 Å². The van der Waals surface area contributed by atoms with Gasteiger partial charge in [-0.2, -0.15) is 5.26 Å². The van der Waals surface area contributed by atoms with Crippen molar-refractivity contribution in [3.8, 4) is 17.2 Å². The summed E-state index contributed by atoms with van der Waals surface area (Å²) in [7, 11) is 0.881. The van der Waals surface area contributed by atoms with Crippen LogP contribution in [0.2, 0.25) is 0 Å². The van der Waals surface area contributed by atoms with Crippen LogP contribution < -0.4 is 11.0 Å².